The van der Waals surface area contributed by atoms with Crippen LogP contribution in [0.3, 0.4) is 0 Å². The first-order valence-electron chi connectivity index (χ1n) is 5.72. The fourth-order valence-corrected chi connectivity index (χ4v) is 1.36. The van der Waals surface area contributed by atoms with E-state index < -0.39 is 0 Å². The first-order valence-corrected chi connectivity index (χ1v) is 5.72. The van der Waals surface area contributed by atoms with Gasteiger partial charge in [0.05, 0.1) is 19.6 Å². The molecule has 4 heteroatoms. The summed E-state index contributed by atoms with van der Waals surface area (Å²) in [7, 11) is 0. The number of nitrogens with one attached hydrogen (secondary N) is 1. The summed E-state index contributed by atoms with van der Waals surface area (Å²) in [5, 5.41) is 11.4. The Balaban J connectivity index is 2.29. The Kier molecular flexibility index (Phi) is 5.49. The molecule has 0 saturated carbocycles. The molecule has 1 aromatic rings. The summed E-state index contributed by atoms with van der Waals surface area (Å²) < 4.78 is 5.50. The second-order valence-electron chi connectivity index (χ2n) is 4.02. The van der Waals surface area contributed by atoms with Crippen LogP contribution in [0.25, 0.3) is 0 Å². The van der Waals surface area contributed by atoms with E-state index >= 15 is 0 Å². The Hall–Kier alpha value is -1.55. The van der Waals surface area contributed by atoms with Crippen LogP contribution in [0.5, 0.6) is 5.75 Å². The van der Waals surface area contributed by atoms with Gasteiger partial charge < -0.3 is 15.2 Å². The molecule has 0 aliphatic rings. The second kappa shape index (κ2) is 6.91. The lowest BCUT2D eigenvalue weighted by Gasteiger charge is -2.12. The zero-order valence-electron chi connectivity index (χ0n) is 10.3. The second-order valence-corrected chi connectivity index (χ2v) is 4.02. The van der Waals surface area contributed by atoms with Crippen LogP contribution in [0.1, 0.15) is 18.9 Å². The molecule has 94 valence electrons. The number of aliphatic hydroxyl groups is 1. The van der Waals surface area contributed by atoms with E-state index in [4.69, 9.17) is 9.84 Å². The Morgan fingerprint density at radius 1 is 1.47 bits per heavy atom. The highest BCUT2D eigenvalue weighted by molar-refractivity contribution is 5.76. The molecule has 2 N–H and O–H groups in total. The summed E-state index contributed by atoms with van der Waals surface area (Å²) in [4.78, 5) is 11.4. The molecular formula is C13H19NO3. The fourth-order valence-electron chi connectivity index (χ4n) is 1.36. The van der Waals surface area contributed by atoms with Crippen molar-refractivity contribution >= 4 is 5.91 Å². The summed E-state index contributed by atoms with van der Waals surface area (Å²) in [5.74, 6) is 0.690. The number of carbonyl (C=O) groups excluding carboxylic acids is 1. The van der Waals surface area contributed by atoms with Crippen LogP contribution in [0, 0.1) is 6.92 Å². The summed E-state index contributed by atoms with van der Waals surface area (Å²) in [6.07, 6.45) is 0.290. The zero-order valence-corrected chi connectivity index (χ0v) is 10.3. The highest BCUT2D eigenvalue weighted by Gasteiger charge is 2.06. The van der Waals surface area contributed by atoms with Crippen molar-refractivity contribution in [3.05, 3.63) is 29.8 Å². The van der Waals surface area contributed by atoms with Crippen LogP contribution in [-0.2, 0) is 4.79 Å². The predicted molar refractivity (Wildman–Crippen MR) is 66.0 cm³/mol. The first kappa shape index (κ1) is 13.5. The standard InChI is InChI=1S/C13H19NO3/c1-10-5-3-4-6-12(10)17-8-7-13(16)14-11(2)9-15/h3-6,11,15H,7-9H2,1-2H3,(H,14,16)/t11-/m1/s1. The van der Waals surface area contributed by atoms with E-state index in [9.17, 15) is 4.79 Å². The monoisotopic (exact) mass is 237 g/mol. The smallest absolute Gasteiger partial charge is 0.223 e. The normalized spacial score (nSPS) is 11.9. The molecule has 0 aromatic heterocycles. The maximum absolute atomic E-state index is 11.4. The number of carbonyl (C=O) groups is 1. The molecule has 0 aliphatic heterocycles. The SMILES string of the molecule is Cc1ccccc1OCCC(=O)N[C@H](C)CO. The van der Waals surface area contributed by atoms with Gasteiger partial charge in [-0.1, -0.05) is 18.2 Å². The number of aryl methyl sites for hydroxylation is 1. The van der Waals surface area contributed by atoms with Crippen molar-refractivity contribution in [2.24, 2.45) is 0 Å². The molecule has 1 atom stereocenters. The third-order valence-electron chi connectivity index (χ3n) is 2.36. The largest absolute Gasteiger partial charge is 0.493 e. The maximum atomic E-state index is 11.4. The Bertz CT molecular complexity index is 365. The van der Waals surface area contributed by atoms with Gasteiger partial charge in [0.2, 0.25) is 5.91 Å². The predicted octanol–water partition coefficient (Wildman–Crippen LogP) is 1.26. The maximum Gasteiger partial charge on any atom is 0.223 e. The Morgan fingerprint density at radius 2 is 2.18 bits per heavy atom. The van der Waals surface area contributed by atoms with Gasteiger partial charge in [0.15, 0.2) is 0 Å². The van der Waals surface area contributed by atoms with Crippen LogP contribution in [0.15, 0.2) is 24.3 Å². The topological polar surface area (TPSA) is 58.6 Å². The molecule has 0 spiro atoms. The number of aliphatic hydroxyl groups excluding tert-OH is 1. The summed E-state index contributed by atoms with van der Waals surface area (Å²) in [5.41, 5.74) is 1.05. The van der Waals surface area contributed by atoms with Gasteiger partial charge in [0.25, 0.3) is 0 Å². The van der Waals surface area contributed by atoms with Crippen LogP contribution in [-0.4, -0.2) is 30.3 Å². The van der Waals surface area contributed by atoms with Gasteiger partial charge in [-0.25, -0.2) is 0 Å². The minimum Gasteiger partial charge on any atom is -0.493 e. The third-order valence-corrected chi connectivity index (χ3v) is 2.36. The molecule has 17 heavy (non-hydrogen) atoms. The molecule has 4 nitrogen and oxygen atoms in total. The van der Waals surface area contributed by atoms with E-state index in [1.807, 2.05) is 31.2 Å². The zero-order chi connectivity index (χ0) is 12.7. The summed E-state index contributed by atoms with van der Waals surface area (Å²) in [6.45, 7) is 4.00. The lowest BCUT2D eigenvalue weighted by molar-refractivity contribution is -0.122. The quantitative estimate of drug-likeness (QED) is 0.783. The van der Waals surface area contributed by atoms with E-state index in [0.29, 0.717) is 13.0 Å². The lowest BCUT2D eigenvalue weighted by Crippen LogP contribution is -2.35. The lowest BCUT2D eigenvalue weighted by atomic mass is 10.2. The first-order chi connectivity index (χ1) is 8.13. The number of amides is 1. The highest BCUT2D eigenvalue weighted by atomic mass is 16.5. The third kappa shape index (κ3) is 4.87. The van der Waals surface area contributed by atoms with Gasteiger partial charge in [0, 0.05) is 6.04 Å². The molecule has 0 bridgehead atoms. The van der Waals surface area contributed by atoms with Gasteiger partial charge in [0.1, 0.15) is 5.75 Å². The van der Waals surface area contributed by atoms with Crippen LogP contribution >= 0.6 is 0 Å². The molecule has 0 aliphatic carbocycles. The summed E-state index contributed by atoms with van der Waals surface area (Å²) >= 11 is 0. The van der Waals surface area contributed by atoms with Crippen LogP contribution in [0.4, 0.5) is 0 Å². The molecule has 1 amide bonds. The van der Waals surface area contributed by atoms with Crippen molar-refractivity contribution in [1.82, 2.24) is 5.32 Å². The van der Waals surface area contributed by atoms with Crippen molar-refractivity contribution < 1.29 is 14.6 Å². The number of hydrogen-bond acceptors (Lipinski definition) is 3. The average molecular weight is 237 g/mol. The molecule has 1 rings (SSSR count). The molecule has 1 aromatic carbocycles. The van der Waals surface area contributed by atoms with Gasteiger partial charge in [-0.3, -0.25) is 4.79 Å². The van der Waals surface area contributed by atoms with E-state index in [2.05, 4.69) is 5.32 Å². The van der Waals surface area contributed by atoms with Gasteiger partial charge in [-0.15, -0.1) is 0 Å². The number of para-hydroxylation sites is 1. The number of ether oxygens (including phenoxy) is 1. The molecule has 0 heterocycles. The van der Waals surface area contributed by atoms with E-state index in [1.54, 1.807) is 6.92 Å². The van der Waals surface area contributed by atoms with Crippen LogP contribution in [0.2, 0.25) is 0 Å². The number of benzene rings is 1. The molecule has 0 fully saturated rings. The van der Waals surface area contributed by atoms with E-state index in [1.165, 1.54) is 0 Å². The molecular weight excluding hydrogens is 218 g/mol. The van der Waals surface area contributed by atoms with Crippen molar-refractivity contribution in [2.45, 2.75) is 26.3 Å². The van der Waals surface area contributed by atoms with E-state index in [-0.39, 0.29) is 18.6 Å². The Morgan fingerprint density at radius 3 is 2.82 bits per heavy atom. The van der Waals surface area contributed by atoms with Gasteiger partial charge in [-0.2, -0.15) is 0 Å². The number of rotatable bonds is 6. The van der Waals surface area contributed by atoms with Gasteiger partial charge >= 0.3 is 0 Å². The van der Waals surface area contributed by atoms with Crippen molar-refractivity contribution in [2.75, 3.05) is 13.2 Å². The highest BCUT2D eigenvalue weighted by Crippen LogP contribution is 2.15. The fraction of sp³-hybridized carbons (Fsp3) is 0.462. The minimum atomic E-state index is -0.207. The average Bonchev–Trinajstić information content (AvgIpc) is 2.31. The van der Waals surface area contributed by atoms with Crippen molar-refractivity contribution in [3.8, 4) is 5.75 Å². The van der Waals surface area contributed by atoms with Crippen molar-refractivity contribution in [1.29, 1.82) is 0 Å². The van der Waals surface area contributed by atoms with Crippen LogP contribution < -0.4 is 10.1 Å². The minimum absolute atomic E-state index is 0.0512. The van der Waals surface area contributed by atoms with E-state index in [0.717, 1.165) is 11.3 Å². The molecule has 0 saturated heterocycles. The van der Waals surface area contributed by atoms with Gasteiger partial charge in [-0.05, 0) is 25.5 Å². The summed E-state index contributed by atoms with van der Waals surface area (Å²) in [6, 6.07) is 7.47. The molecule has 0 radical (unpaired) electrons. The molecule has 0 unspecified atom stereocenters. The number of hydrogen-bond donors (Lipinski definition) is 2. The Labute approximate surface area is 102 Å². The van der Waals surface area contributed by atoms with Crippen molar-refractivity contribution in [3.63, 3.8) is 0 Å².